The van der Waals surface area contributed by atoms with Gasteiger partial charge in [0.05, 0.1) is 11.4 Å². The van der Waals surface area contributed by atoms with Crippen molar-refractivity contribution in [2.24, 2.45) is 0 Å². The van der Waals surface area contributed by atoms with E-state index in [1.54, 1.807) is 0 Å². The number of fused-ring (bicyclic) bond motifs is 4. The van der Waals surface area contributed by atoms with Gasteiger partial charge in [0, 0.05) is 16.8 Å². The van der Waals surface area contributed by atoms with Crippen LogP contribution in [-0.4, -0.2) is 0 Å². The highest BCUT2D eigenvalue weighted by Crippen LogP contribution is 2.52. The van der Waals surface area contributed by atoms with Gasteiger partial charge >= 0.3 is 0 Å². The molecule has 0 aromatic heterocycles. The van der Waals surface area contributed by atoms with E-state index in [1.165, 1.54) is 82.4 Å². The average Bonchev–Trinajstić information content (AvgIpc) is 3.35. The lowest BCUT2D eigenvalue weighted by Crippen LogP contribution is -2.13. The van der Waals surface area contributed by atoms with Gasteiger partial charge in [0.15, 0.2) is 0 Å². The summed E-state index contributed by atoms with van der Waals surface area (Å²) in [7, 11) is 0. The van der Waals surface area contributed by atoms with Crippen molar-refractivity contribution in [3.63, 3.8) is 0 Å². The predicted octanol–water partition coefficient (Wildman–Crippen LogP) is 17.0. The summed E-state index contributed by atoms with van der Waals surface area (Å²) in [5, 5.41) is 7.38. The Balaban J connectivity index is 1.26. The summed E-state index contributed by atoms with van der Waals surface area (Å²) >= 11 is 0. The number of anilines is 3. The van der Waals surface area contributed by atoms with Crippen LogP contribution in [-0.2, 0) is 0 Å². The molecule has 1 nitrogen and oxygen atoms in total. The number of rotatable bonds is 8. The van der Waals surface area contributed by atoms with E-state index >= 15 is 0 Å². The molecule has 0 radical (unpaired) electrons. The fourth-order valence-corrected chi connectivity index (χ4v) is 9.29. The van der Waals surface area contributed by atoms with Gasteiger partial charge in [0.2, 0.25) is 0 Å². The summed E-state index contributed by atoms with van der Waals surface area (Å²) in [5.74, 6) is 0. The van der Waals surface area contributed by atoms with Gasteiger partial charge in [-0.3, -0.25) is 0 Å². The number of hydrogen-bond donors (Lipinski definition) is 0. The highest BCUT2D eigenvalue weighted by Gasteiger charge is 2.27. The molecule has 0 amide bonds. The third kappa shape index (κ3) is 6.54. The van der Waals surface area contributed by atoms with Crippen molar-refractivity contribution < 1.29 is 0 Å². The molecule has 11 aromatic carbocycles. The Bertz CT molecular complexity index is 3320. The molecule has 1 heteroatoms. The van der Waals surface area contributed by atoms with Crippen molar-refractivity contribution in [1.82, 2.24) is 0 Å². The van der Waals surface area contributed by atoms with E-state index in [-0.39, 0.29) is 0 Å². The molecule has 0 heterocycles. The zero-order valence-electron chi connectivity index (χ0n) is 33.6. The van der Waals surface area contributed by atoms with Crippen molar-refractivity contribution >= 4 is 49.4 Å². The molecule has 0 fully saturated rings. The van der Waals surface area contributed by atoms with E-state index in [1.807, 2.05) is 0 Å². The van der Waals surface area contributed by atoms with E-state index in [4.69, 9.17) is 0 Å². The smallest absolute Gasteiger partial charge is 0.0546 e. The first kappa shape index (κ1) is 36.1. The molecule has 0 N–H and O–H groups in total. The quantitative estimate of drug-likeness (QED) is 0.139. The zero-order valence-corrected chi connectivity index (χ0v) is 33.6. The maximum atomic E-state index is 2.49. The van der Waals surface area contributed by atoms with E-state index in [2.05, 4.69) is 254 Å². The molecule has 0 bridgehead atoms. The monoisotopic (exact) mass is 775 g/mol. The third-order valence-corrected chi connectivity index (χ3v) is 12.0. The van der Waals surface area contributed by atoms with Crippen LogP contribution in [0.1, 0.15) is 0 Å². The van der Waals surface area contributed by atoms with Gasteiger partial charge in [-0.1, -0.05) is 212 Å². The van der Waals surface area contributed by atoms with Gasteiger partial charge in [0.1, 0.15) is 0 Å². The molecule has 286 valence electrons. The third-order valence-electron chi connectivity index (χ3n) is 12.0. The van der Waals surface area contributed by atoms with Crippen molar-refractivity contribution in [2.75, 3.05) is 4.90 Å². The highest BCUT2D eigenvalue weighted by atomic mass is 15.1. The van der Waals surface area contributed by atoms with Crippen LogP contribution < -0.4 is 4.90 Å². The zero-order chi connectivity index (χ0) is 40.5. The fourth-order valence-electron chi connectivity index (χ4n) is 9.29. The Morgan fingerprint density at radius 1 is 0.230 bits per heavy atom. The molecule has 0 spiro atoms. The molecule has 11 rings (SSSR count). The Labute approximate surface area is 357 Å². The Kier molecular flexibility index (Phi) is 9.26. The van der Waals surface area contributed by atoms with Crippen molar-refractivity contribution in [2.45, 2.75) is 0 Å². The first-order valence-electron chi connectivity index (χ1n) is 21.0. The molecule has 0 aliphatic heterocycles. The molecule has 0 saturated carbocycles. The second-order valence-corrected chi connectivity index (χ2v) is 15.6. The lowest BCUT2D eigenvalue weighted by atomic mass is 9.83. The summed E-state index contributed by atoms with van der Waals surface area (Å²) in [6.07, 6.45) is 0. The summed E-state index contributed by atoms with van der Waals surface area (Å²) in [6, 6.07) is 90.6. The molecule has 0 atom stereocenters. The highest BCUT2D eigenvalue weighted by molar-refractivity contribution is 6.17. The predicted molar refractivity (Wildman–Crippen MR) is 261 cm³/mol. The Hall–Kier alpha value is -8.00. The van der Waals surface area contributed by atoms with Crippen LogP contribution in [0.4, 0.5) is 17.1 Å². The lowest BCUT2D eigenvalue weighted by Gasteiger charge is -2.32. The minimum Gasteiger partial charge on any atom is -0.309 e. The van der Waals surface area contributed by atoms with Gasteiger partial charge < -0.3 is 4.90 Å². The molecular formula is C60H41N. The van der Waals surface area contributed by atoms with E-state index < -0.39 is 0 Å². The number of hydrogen-bond acceptors (Lipinski definition) is 1. The molecule has 0 saturated heterocycles. The van der Waals surface area contributed by atoms with Gasteiger partial charge in [-0.15, -0.1) is 0 Å². The first-order valence-corrected chi connectivity index (χ1v) is 21.0. The van der Waals surface area contributed by atoms with Crippen LogP contribution in [0.2, 0.25) is 0 Å². The minimum atomic E-state index is 1.08. The second-order valence-electron chi connectivity index (χ2n) is 15.6. The van der Waals surface area contributed by atoms with Crippen LogP contribution >= 0.6 is 0 Å². The van der Waals surface area contributed by atoms with E-state index in [0.29, 0.717) is 0 Å². The van der Waals surface area contributed by atoms with Gasteiger partial charge in [0.25, 0.3) is 0 Å². The van der Waals surface area contributed by atoms with Crippen molar-refractivity contribution in [1.29, 1.82) is 0 Å². The normalized spacial score (nSPS) is 11.3. The number of nitrogens with zero attached hydrogens (tertiary/aromatic N) is 1. The van der Waals surface area contributed by atoms with Crippen LogP contribution in [0.25, 0.3) is 88.0 Å². The molecule has 0 unspecified atom stereocenters. The minimum absolute atomic E-state index is 1.08. The molecule has 0 aliphatic carbocycles. The first-order chi connectivity index (χ1) is 30.3. The topological polar surface area (TPSA) is 3.24 Å². The van der Waals surface area contributed by atoms with Gasteiger partial charge in [-0.25, -0.2) is 0 Å². The lowest BCUT2D eigenvalue weighted by molar-refractivity contribution is 1.29. The van der Waals surface area contributed by atoms with Crippen LogP contribution in [0, 0.1) is 0 Å². The van der Waals surface area contributed by atoms with Gasteiger partial charge in [-0.05, 0) is 113 Å². The summed E-state index contributed by atoms with van der Waals surface area (Å²) in [5.41, 5.74) is 15.1. The fraction of sp³-hybridized carbons (Fsp3) is 0. The molecule has 11 aromatic rings. The van der Waals surface area contributed by atoms with Crippen LogP contribution in [0.3, 0.4) is 0 Å². The number of para-hydroxylation sites is 1. The maximum Gasteiger partial charge on any atom is 0.0546 e. The van der Waals surface area contributed by atoms with Crippen molar-refractivity contribution in [3.05, 3.63) is 249 Å². The Morgan fingerprint density at radius 2 is 0.705 bits per heavy atom. The Morgan fingerprint density at radius 3 is 1.36 bits per heavy atom. The van der Waals surface area contributed by atoms with Gasteiger partial charge in [-0.2, -0.15) is 0 Å². The largest absolute Gasteiger partial charge is 0.309 e. The summed E-state index contributed by atoms with van der Waals surface area (Å²) < 4.78 is 0. The summed E-state index contributed by atoms with van der Waals surface area (Å²) in [6.45, 7) is 0. The van der Waals surface area contributed by atoms with Crippen LogP contribution in [0.15, 0.2) is 249 Å². The summed E-state index contributed by atoms with van der Waals surface area (Å²) in [4.78, 5) is 2.49. The SMILES string of the molecule is c1ccc(-c2ccc3c(-c4ccccc4)c(N(c4ccccc4)c4ccc(-c5cc6ccccc6c6ccccc56)c(-c5ccccc5)c4-c4ccccc4)ccc3c2)cc1. The average molecular weight is 776 g/mol. The van der Waals surface area contributed by atoms with Crippen LogP contribution in [0.5, 0.6) is 0 Å². The second kappa shape index (κ2) is 15.6. The maximum absolute atomic E-state index is 2.49. The molecule has 0 aliphatic rings. The van der Waals surface area contributed by atoms with Crippen molar-refractivity contribution in [3.8, 4) is 55.6 Å². The molecule has 61 heavy (non-hydrogen) atoms. The molecular weight excluding hydrogens is 735 g/mol. The number of benzene rings is 11. The van der Waals surface area contributed by atoms with E-state index in [0.717, 1.165) is 22.6 Å². The van der Waals surface area contributed by atoms with E-state index in [9.17, 15) is 0 Å². The standard InChI is InChI=1S/C60H41N/c1-6-20-42(21-7-1)46-34-36-51-48(40-46)35-38-56(58(51)43-22-8-2-9-23-43)61(49-29-14-5-15-30-49)57-39-37-54(55-41-47-28-16-17-31-50(47)52-32-18-19-33-53(52)55)59(44-24-10-3-11-25-44)60(57)45-26-12-4-13-27-45/h1-41H.